The molecule has 0 aromatic heterocycles. The first-order valence-electron chi connectivity index (χ1n) is 7.07. The number of amidine groups is 1. The zero-order chi connectivity index (χ0) is 16.9. The van der Waals surface area contributed by atoms with Crippen LogP contribution in [0.25, 0.3) is 0 Å². The van der Waals surface area contributed by atoms with E-state index in [4.69, 9.17) is 0 Å². The van der Waals surface area contributed by atoms with E-state index in [1.54, 1.807) is 36.0 Å². The fourth-order valence-electron chi connectivity index (χ4n) is 2.16. The minimum Gasteiger partial charge on any atom is -0.351 e. The maximum Gasteiger partial charge on any atom is 0.263 e. The number of amides is 1. The molecule has 2 rings (SSSR count). The number of nitrogens with one attached hydrogen (secondary N) is 2. The lowest BCUT2D eigenvalue weighted by molar-refractivity contribution is -0.122. The van der Waals surface area contributed by atoms with E-state index in [2.05, 4.69) is 21.6 Å². The first kappa shape index (κ1) is 17.6. The SMILES string of the molecule is C=CCNC(=O)[C@@H](CCSC)N=C1NS(=O)(=O)c2ccccc21. The van der Waals surface area contributed by atoms with Crippen LogP contribution in [0.15, 0.2) is 46.8 Å². The summed E-state index contributed by atoms with van der Waals surface area (Å²) in [6, 6.07) is 5.95. The highest BCUT2D eigenvalue weighted by atomic mass is 32.2. The van der Waals surface area contributed by atoms with Crippen molar-refractivity contribution in [2.45, 2.75) is 17.4 Å². The van der Waals surface area contributed by atoms with Crippen LogP contribution in [0.3, 0.4) is 0 Å². The van der Waals surface area contributed by atoms with Crippen LogP contribution in [0.1, 0.15) is 12.0 Å². The highest BCUT2D eigenvalue weighted by Gasteiger charge is 2.31. The lowest BCUT2D eigenvalue weighted by Gasteiger charge is -2.13. The Kier molecular flexibility index (Phi) is 5.84. The third-order valence-electron chi connectivity index (χ3n) is 3.27. The molecule has 1 atom stereocenters. The summed E-state index contributed by atoms with van der Waals surface area (Å²) in [6.45, 7) is 3.91. The maximum atomic E-state index is 12.2. The Morgan fingerprint density at radius 1 is 1.48 bits per heavy atom. The van der Waals surface area contributed by atoms with Gasteiger partial charge in [-0.3, -0.25) is 14.5 Å². The van der Waals surface area contributed by atoms with E-state index in [1.165, 1.54) is 6.07 Å². The van der Waals surface area contributed by atoms with Crippen LogP contribution < -0.4 is 10.0 Å². The molecular weight excluding hydrogens is 334 g/mol. The van der Waals surface area contributed by atoms with Crippen molar-refractivity contribution in [1.29, 1.82) is 0 Å². The standard InChI is InChI=1S/C15H19N3O3S2/c1-3-9-16-15(19)12(8-10-22-2)17-14-11-6-4-5-7-13(11)23(20,21)18-14/h3-7,12H,1,8-10H2,2H3,(H,16,19)(H,17,18)/t12-/m1/s1. The topological polar surface area (TPSA) is 87.6 Å². The largest absolute Gasteiger partial charge is 0.351 e. The molecule has 1 amide bonds. The summed E-state index contributed by atoms with van der Waals surface area (Å²) < 4.78 is 26.6. The second kappa shape index (κ2) is 7.65. The lowest BCUT2D eigenvalue weighted by atomic mass is 10.2. The highest BCUT2D eigenvalue weighted by molar-refractivity contribution is 7.98. The van der Waals surface area contributed by atoms with E-state index in [9.17, 15) is 13.2 Å². The highest BCUT2D eigenvalue weighted by Crippen LogP contribution is 2.23. The van der Waals surface area contributed by atoms with Crippen LogP contribution in [0.2, 0.25) is 0 Å². The molecule has 0 saturated heterocycles. The van der Waals surface area contributed by atoms with Crippen molar-refractivity contribution in [3.05, 3.63) is 42.5 Å². The van der Waals surface area contributed by atoms with Gasteiger partial charge in [-0.25, -0.2) is 8.42 Å². The smallest absolute Gasteiger partial charge is 0.263 e. The van der Waals surface area contributed by atoms with E-state index in [1.807, 2.05) is 6.26 Å². The van der Waals surface area contributed by atoms with Crippen LogP contribution in [0.5, 0.6) is 0 Å². The van der Waals surface area contributed by atoms with Crippen molar-refractivity contribution in [3.63, 3.8) is 0 Å². The minimum absolute atomic E-state index is 0.189. The fourth-order valence-corrected chi connectivity index (χ4v) is 3.86. The average molecular weight is 353 g/mol. The molecule has 0 fully saturated rings. The molecule has 0 saturated carbocycles. The van der Waals surface area contributed by atoms with Gasteiger partial charge in [0.25, 0.3) is 10.0 Å². The van der Waals surface area contributed by atoms with Crippen molar-refractivity contribution in [1.82, 2.24) is 10.0 Å². The molecule has 1 aliphatic heterocycles. The molecule has 2 N–H and O–H groups in total. The summed E-state index contributed by atoms with van der Waals surface area (Å²) in [5.41, 5.74) is 0.498. The summed E-state index contributed by atoms with van der Waals surface area (Å²) in [6.07, 6.45) is 4.06. The molecule has 6 nitrogen and oxygen atoms in total. The molecule has 0 aliphatic carbocycles. The first-order chi connectivity index (χ1) is 11.0. The van der Waals surface area contributed by atoms with Crippen LogP contribution in [0.4, 0.5) is 0 Å². The molecule has 1 heterocycles. The molecular formula is C15H19N3O3S2. The molecule has 23 heavy (non-hydrogen) atoms. The van der Waals surface area contributed by atoms with E-state index >= 15 is 0 Å². The molecule has 8 heteroatoms. The van der Waals surface area contributed by atoms with Gasteiger partial charge in [-0.05, 0) is 30.6 Å². The zero-order valence-electron chi connectivity index (χ0n) is 12.8. The number of hydrogen-bond donors (Lipinski definition) is 2. The Labute approximate surface area is 140 Å². The summed E-state index contributed by atoms with van der Waals surface area (Å²) in [5, 5.41) is 2.71. The minimum atomic E-state index is -3.60. The molecule has 0 unspecified atom stereocenters. The Morgan fingerprint density at radius 3 is 2.91 bits per heavy atom. The Morgan fingerprint density at radius 2 is 2.22 bits per heavy atom. The number of aliphatic imine (C=N–C) groups is 1. The zero-order valence-corrected chi connectivity index (χ0v) is 14.4. The molecule has 0 spiro atoms. The van der Waals surface area contributed by atoms with Crippen LogP contribution >= 0.6 is 11.8 Å². The van der Waals surface area contributed by atoms with Gasteiger partial charge < -0.3 is 5.32 Å². The summed E-state index contributed by atoms with van der Waals surface area (Å²) >= 11 is 1.61. The summed E-state index contributed by atoms with van der Waals surface area (Å²) in [5.74, 6) is 0.729. The van der Waals surface area contributed by atoms with Crippen molar-refractivity contribution in [2.75, 3.05) is 18.6 Å². The van der Waals surface area contributed by atoms with Gasteiger partial charge in [-0.1, -0.05) is 18.2 Å². The Balaban J connectivity index is 2.32. The van der Waals surface area contributed by atoms with Gasteiger partial charge >= 0.3 is 0 Å². The second-order valence-electron chi connectivity index (χ2n) is 4.91. The van der Waals surface area contributed by atoms with Crippen LogP contribution in [0, 0.1) is 0 Å². The molecule has 0 radical (unpaired) electrons. The summed E-state index contributed by atoms with van der Waals surface area (Å²) in [7, 11) is -3.60. The van der Waals surface area contributed by atoms with Crippen molar-refractivity contribution in [2.24, 2.45) is 4.99 Å². The third-order valence-corrected chi connectivity index (χ3v) is 5.31. The van der Waals surface area contributed by atoms with Gasteiger partial charge in [0.1, 0.15) is 11.9 Å². The number of carbonyl (C=O) groups excluding carboxylic acids is 1. The van der Waals surface area contributed by atoms with Gasteiger partial charge in [-0.2, -0.15) is 11.8 Å². The van der Waals surface area contributed by atoms with E-state index < -0.39 is 16.1 Å². The first-order valence-corrected chi connectivity index (χ1v) is 9.95. The monoisotopic (exact) mass is 353 g/mol. The quantitative estimate of drug-likeness (QED) is 0.720. The number of benzene rings is 1. The Bertz CT molecular complexity index is 729. The van der Waals surface area contributed by atoms with Crippen LogP contribution in [-0.2, 0) is 14.8 Å². The van der Waals surface area contributed by atoms with E-state index in [0.29, 0.717) is 18.5 Å². The summed E-state index contributed by atoms with van der Waals surface area (Å²) in [4.78, 5) is 16.8. The second-order valence-corrected chi connectivity index (χ2v) is 7.55. The van der Waals surface area contributed by atoms with Crippen molar-refractivity contribution >= 4 is 33.5 Å². The third kappa shape index (κ3) is 4.14. The number of nitrogens with zero attached hydrogens (tertiary/aromatic N) is 1. The maximum absolute atomic E-state index is 12.2. The fraction of sp³-hybridized carbons (Fsp3) is 0.333. The number of carbonyl (C=O) groups is 1. The average Bonchev–Trinajstić information content (AvgIpc) is 2.80. The number of thioether (sulfide) groups is 1. The molecule has 1 aromatic rings. The van der Waals surface area contributed by atoms with Gasteiger partial charge in [0, 0.05) is 12.1 Å². The normalized spacial score (nSPS) is 18.0. The number of sulfonamides is 1. The van der Waals surface area contributed by atoms with Gasteiger partial charge in [-0.15, -0.1) is 6.58 Å². The van der Waals surface area contributed by atoms with E-state index in [0.717, 1.165) is 5.75 Å². The number of fused-ring (bicyclic) bond motifs is 1. The molecule has 1 aliphatic rings. The van der Waals surface area contributed by atoms with E-state index in [-0.39, 0.29) is 16.6 Å². The van der Waals surface area contributed by atoms with Crippen molar-refractivity contribution in [3.8, 4) is 0 Å². The van der Waals surface area contributed by atoms with Gasteiger partial charge in [0.2, 0.25) is 5.91 Å². The Hall–Kier alpha value is -1.80. The van der Waals surface area contributed by atoms with Crippen molar-refractivity contribution < 1.29 is 13.2 Å². The predicted octanol–water partition coefficient (Wildman–Crippen LogP) is 1.15. The lowest BCUT2D eigenvalue weighted by Crippen LogP contribution is -2.36. The number of rotatable bonds is 7. The number of hydrogen-bond acceptors (Lipinski definition) is 5. The molecule has 124 valence electrons. The van der Waals surface area contributed by atoms with Gasteiger partial charge in [0.15, 0.2) is 0 Å². The van der Waals surface area contributed by atoms with Crippen LogP contribution in [-0.4, -0.2) is 44.8 Å². The molecule has 0 bridgehead atoms. The predicted molar refractivity (Wildman–Crippen MR) is 93.3 cm³/mol. The van der Waals surface area contributed by atoms with Gasteiger partial charge in [0.05, 0.1) is 4.90 Å². The molecule has 1 aromatic carbocycles.